The SMILES string of the molecule is O=C(Nc1nc(CCl)cs1)c1ccc(F)c(C(F)(F)F)c1. The third kappa shape index (κ3) is 3.70. The molecular weight excluding hydrogens is 332 g/mol. The molecule has 0 unspecified atom stereocenters. The second-order valence-corrected chi connectivity index (χ2v) is 5.05. The van der Waals surface area contributed by atoms with Crippen LogP contribution in [0.1, 0.15) is 21.6 Å². The van der Waals surface area contributed by atoms with Gasteiger partial charge in [0.1, 0.15) is 5.82 Å². The van der Waals surface area contributed by atoms with Crippen molar-refractivity contribution in [3.8, 4) is 0 Å². The number of alkyl halides is 4. The normalized spacial score (nSPS) is 11.5. The number of amides is 1. The first-order valence-corrected chi connectivity index (χ1v) is 6.91. The van der Waals surface area contributed by atoms with Gasteiger partial charge in [-0.2, -0.15) is 13.2 Å². The first-order chi connectivity index (χ1) is 9.81. The average molecular weight is 339 g/mol. The van der Waals surface area contributed by atoms with E-state index in [1.54, 1.807) is 5.38 Å². The summed E-state index contributed by atoms with van der Waals surface area (Å²) in [5, 5.41) is 4.14. The Morgan fingerprint density at radius 2 is 2.10 bits per heavy atom. The zero-order chi connectivity index (χ0) is 15.6. The summed E-state index contributed by atoms with van der Waals surface area (Å²) >= 11 is 6.63. The molecule has 2 aromatic rings. The highest BCUT2D eigenvalue weighted by Crippen LogP contribution is 2.32. The molecule has 0 radical (unpaired) electrons. The molecule has 9 heteroatoms. The lowest BCUT2D eigenvalue weighted by Crippen LogP contribution is -2.15. The van der Waals surface area contributed by atoms with Gasteiger partial charge in [0.15, 0.2) is 5.13 Å². The highest BCUT2D eigenvalue weighted by Gasteiger charge is 2.34. The average Bonchev–Trinajstić information content (AvgIpc) is 2.85. The van der Waals surface area contributed by atoms with Gasteiger partial charge in [-0.3, -0.25) is 10.1 Å². The molecule has 0 aliphatic carbocycles. The first kappa shape index (κ1) is 15.7. The van der Waals surface area contributed by atoms with Crippen LogP contribution in [0.4, 0.5) is 22.7 Å². The number of hydrogen-bond acceptors (Lipinski definition) is 3. The Balaban J connectivity index is 2.23. The number of thiazole rings is 1. The minimum Gasteiger partial charge on any atom is -0.298 e. The monoisotopic (exact) mass is 338 g/mol. The number of carbonyl (C=O) groups excluding carboxylic acids is 1. The molecule has 0 saturated heterocycles. The van der Waals surface area contributed by atoms with Crippen molar-refractivity contribution in [3.63, 3.8) is 0 Å². The van der Waals surface area contributed by atoms with Crippen LogP contribution in [0.15, 0.2) is 23.6 Å². The van der Waals surface area contributed by atoms with Crippen LogP contribution in [0.5, 0.6) is 0 Å². The third-order valence-electron chi connectivity index (χ3n) is 2.44. The molecule has 0 bridgehead atoms. The van der Waals surface area contributed by atoms with Crippen molar-refractivity contribution in [1.29, 1.82) is 0 Å². The molecule has 1 heterocycles. The Morgan fingerprint density at radius 1 is 1.38 bits per heavy atom. The fourth-order valence-electron chi connectivity index (χ4n) is 1.48. The summed E-state index contributed by atoms with van der Waals surface area (Å²) in [4.78, 5) is 15.8. The topological polar surface area (TPSA) is 42.0 Å². The number of carbonyl (C=O) groups is 1. The van der Waals surface area contributed by atoms with Crippen molar-refractivity contribution in [3.05, 3.63) is 46.2 Å². The highest BCUT2D eigenvalue weighted by atomic mass is 35.5. The van der Waals surface area contributed by atoms with Gasteiger partial charge >= 0.3 is 6.18 Å². The van der Waals surface area contributed by atoms with Crippen LogP contribution in [0, 0.1) is 5.82 Å². The zero-order valence-corrected chi connectivity index (χ0v) is 11.7. The van der Waals surface area contributed by atoms with Gasteiger partial charge in [0.2, 0.25) is 0 Å². The minimum atomic E-state index is -4.87. The van der Waals surface area contributed by atoms with E-state index in [9.17, 15) is 22.4 Å². The van der Waals surface area contributed by atoms with Gasteiger partial charge in [-0.1, -0.05) is 0 Å². The van der Waals surface area contributed by atoms with E-state index in [1.807, 2.05) is 0 Å². The Morgan fingerprint density at radius 3 is 2.67 bits per heavy atom. The van der Waals surface area contributed by atoms with Crippen LogP contribution < -0.4 is 5.32 Å². The first-order valence-electron chi connectivity index (χ1n) is 5.49. The minimum absolute atomic E-state index is 0.154. The fourth-order valence-corrected chi connectivity index (χ4v) is 2.41. The summed E-state index contributed by atoms with van der Waals surface area (Å²) in [7, 11) is 0. The maximum absolute atomic E-state index is 13.1. The van der Waals surface area contributed by atoms with Gasteiger partial charge < -0.3 is 0 Å². The van der Waals surface area contributed by atoms with E-state index >= 15 is 0 Å². The summed E-state index contributed by atoms with van der Waals surface area (Å²) in [5.74, 6) is -2.09. The molecule has 1 amide bonds. The van der Waals surface area contributed by atoms with Crippen LogP contribution in [-0.4, -0.2) is 10.9 Å². The van der Waals surface area contributed by atoms with Crippen molar-refractivity contribution < 1.29 is 22.4 Å². The second kappa shape index (κ2) is 5.98. The van der Waals surface area contributed by atoms with Crippen molar-refractivity contribution in [2.24, 2.45) is 0 Å². The molecule has 0 saturated carbocycles. The molecule has 0 fully saturated rings. The zero-order valence-electron chi connectivity index (χ0n) is 10.2. The molecule has 0 spiro atoms. The van der Waals surface area contributed by atoms with E-state index in [4.69, 9.17) is 11.6 Å². The predicted molar refractivity (Wildman–Crippen MR) is 71.0 cm³/mol. The Bertz CT molecular complexity index is 672. The number of benzene rings is 1. The van der Waals surface area contributed by atoms with Gasteiger partial charge in [-0.25, -0.2) is 9.37 Å². The number of rotatable bonds is 3. The smallest absolute Gasteiger partial charge is 0.298 e. The molecule has 0 aliphatic heterocycles. The molecule has 21 heavy (non-hydrogen) atoms. The molecule has 112 valence electrons. The van der Waals surface area contributed by atoms with Gasteiger partial charge in [0, 0.05) is 10.9 Å². The largest absolute Gasteiger partial charge is 0.419 e. The summed E-state index contributed by atoms with van der Waals surface area (Å²) in [5.41, 5.74) is -1.27. The third-order valence-corrected chi connectivity index (χ3v) is 3.52. The van der Waals surface area contributed by atoms with Crippen molar-refractivity contribution in [1.82, 2.24) is 4.98 Å². The molecule has 0 aliphatic rings. The second-order valence-electron chi connectivity index (χ2n) is 3.92. The fraction of sp³-hybridized carbons (Fsp3) is 0.167. The maximum atomic E-state index is 13.1. The number of nitrogens with zero attached hydrogens (tertiary/aromatic N) is 1. The lowest BCUT2D eigenvalue weighted by molar-refractivity contribution is -0.140. The van der Waals surface area contributed by atoms with Gasteiger partial charge in [-0.05, 0) is 18.2 Å². The lowest BCUT2D eigenvalue weighted by Gasteiger charge is -2.09. The molecule has 1 aromatic heterocycles. The molecule has 1 N–H and O–H groups in total. The van der Waals surface area contributed by atoms with E-state index in [1.165, 1.54) is 0 Å². The summed E-state index contributed by atoms with van der Waals surface area (Å²) in [6.45, 7) is 0. The molecular formula is C12H7ClF4N2OS. The van der Waals surface area contributed by atoms with Crippen LogP contribution in [0.3, 0.4) is 0 Å². The van der Waals surface area contributed by atoms with Crippen LogP contribution in [0.25, 0.3) is 0 Å². The van der Waals surface area contributed by atoms with Gasteiger partial charge in [0.25, 0.3) is 5.91 Å². The van der Waals surface area contributed by atoms with E-state index in [0.717, 1.165) is 17.4 Å². The van der Waals surface area contributed by atoms with E-state index in [0.29, 0.717) is 17.8 Å². The molecule has 0 atom stereocenters. The standard InChI is InChI=1S/C12H7ClF4N2OS/c13-4-7-5-21-11(18-7)19-10(20)6-1-2-9(14)8(3-6)12(15,16)17/h1-3,5H,4H2,(H,18,19,20). The van der Waals surface area contributed by atoms with Gasteiger partial charge in [-0.15, -0.1) is 22.9 Å². The number of aromatic nitrogens is 1. The maximum Gasteiger partial charge on any atom is 0.419 e. The molecule has 2 rings (SSSR count). The number of hydrogen-bond donors (Lipinski definition) is 1. The Kier molecular flexibility index (Phi) is 4.48. The van der Waals surface area contributed by atoms with Crippen LogP contribution in [0.2, 0.25) is 0 Å². The molecule has 3 nitrogen and oxygen atoms in total. The number of nitrogens with one attached hydrogen (secondary N) is 1. The molecule has 1 aromatic carbocycles. The number of anilines is 1. The van der Waals surface area contributed by atoms with Crippen LogP contribution >= 0.6 is 22.9 Å². The van der Waals surface area contributed by atoms with E-state index in [-0.39, 0.29) is 16.6 Å². The van der Waals surface area contributed by atoms with E-state index < -0.39 is 23.5 Å². The van der Waals surface area contributed by atoms with E-state index in [2.05, 4.69) is 10.3 Å². The highest BCUT2D eigenvalue weighted by molar-refractivity contribution is 7.14. The lowest BCUT2D eigenvalue weighted by atomic mass is 10.1. The van der Waals surface area contributed by atoms with Crippen LogP contribution in [-0.2, 0) is 12.1 Å². The van der Waals surface area contributed by atoms with Crippen molar-refractivity contribution in [2.45, 2.75) is 12.1 Å². The Hall–Kier alpha value is -1.67. The quantitative estimate of drug-likeness (QED) is 0.670. The van der Waals surface area contributed by atoms with Crippen molar-refractivity contribution in [2.75, 3.05) is 5.32 Å². The summed E-state index contributed by atoms with van der Waals surface area (Å²) < 4.78 is 50.8. The summed E-state index contributed by atoms with van der Waals surface area (Å²) in [6, 6.07) is 2.03. The summed E-state index contributed by atoms with van der Waals surface area (Å²) in [6.07, 6.45) is -4.87. The predicted octanol–water partition coefficient (Wildman–Crippen LogP) is 4.29. The Labute approximate surface area is 125 Å². The van der Waals surface area contributed by atoms with Gasteiger partial charge in [0.05, 0.1) is 17.1 Å². The van der Waals surface area contributed by atoms with Crippen molar-refractivity contribution >= 4 is 34.0 Å². The number of halogens is 5.